The number of amides is 2. The average molecular weight is 420 g/mol. The highest BCUT2D eigenvalue weighted by molar-refractivity contribution is 5.81. The first-order valence-electron chi connectivity index (χ1n) is 12.3. The van der Waals surface area contributed by atoms with E-state index in [4.69, 9.17) is 0 Å². The van der Waals surface area contributed by atoms with Crippen molar-refractivity contribution in [3.63, 3.8) is 0 Å². The Hall–Kier alpha value is -1.79. The summed E-state index contributed by atoms with van der Waals surface area (Å²) in [6.45, 7) is 5.57. The molecular formula is C23H41N5O2. The summed E-state index contributed by atoms with van der Waals surface area (Å²) < 4.78 is 0. The number of likely N-dealkylation sites (tertiary alicyclic amines) is 1. The van der Waals surface area contributed by atoms with Crippen molar-refractivity contribution in [2.45, 2.75) is 83.6 Å². The molecule has 7 nitrogen and oxygen atoms in total. The van der Waals surface area contributed by atoms with Crippen LogP contribution in [-0.2, 0) is 9.59 Å². The van der Waals surface area contributed by atoms with Crippen molar-refractivity contribution in [2.24, 2.45) is 16.8 Å². The number of aliphatic imine (C=N–C) groups is 1. The fourth-order valence-electron chi connectivity index (χ4n) is 5.06. The lowest BCUT2D eigenvalue weighted by molar-refractivity contribution is -0.135. The molecule has 3 fully saturated rings. The van der Waals surface area contributed by atoms with E-state index in [1.165, 1.54) is 38.5 Å². The third-order valence-electron chi connectivity index (χ3n) is 6.80. The minimum atomic E-state index is 0.190. The van der Waals surface area contributed by atoms with E-state index >= 15 is 0 Å². The number of carbonyl (C=O) groups excluding carboxylic acids is 2. The van der Waals surface area contributed by atoms with E-state index in [-0.39, 0.29) is 23.8 Å². The van der Waals surface area contributed by atoms with Gasteiger partial charge in [0.25, 0.3) is 0 Å². The van der Waals surface area contributed by atoms with Crippen molar-refractivity contribution in [1.29, 1.82) is 0 Å². The van der Waals surface area contributed by atoms with Crippen molar-refractivity contribution in [3.8, 4) is 0 Å². The van der Waals surface area contributed by atoms with Gasteiger partial charge in [-0.1, -0.05) is 38.5 Å². The number of rotatable bonds is 7. The van der Waals surface area contributed by atoms with Gasteiger partial charge in [0.2, 0.25) is 11.8 Å². The topological polar surface area (TPSA) is 85.8 Å². The van der Waals surface area contributed by atoms with Crippen LogP contribution < -0.4 is 16.0 Å². The monoisotopic (exact) mass is 419 g/mol. The lowest BCUT2D eigenvalue weighted by Crippen LogP contribution is -2.46. The summed E-state index contributed by atoms with van der Waals surface area (Å²) >= 11 is 0. The molecular weight excluding hydrogens is 378 g/mol. The summed E-state index contributed by atoms with van der Waals surface area (Å²) in [5, 5.41) is 9.83. The van der Waals surface area contributed by atoms with E-state index in [0.717, 1.165) is 57.7 Å². The molecule has 0 aromatic rings. The standard InChI is InChI=1S/C23H41N5O2/c1-2-24-23(26-15-14-25-21(29)18-9-5-3-6-10-18)27-20-13-16-28(17-20)22(30)19-11-7-4-8-12-19/h18-20H,2-17H2,1H3,(H,25,29)(H2,24,26,27). The predicted octanol–water partition coefficient (Wildman–Crippen LogP) is 2.42. The van der Waals surface area contributed by atoms with Gasteiger partial charge >= 0.3 is 0 Å². The van der Waals surface area contributed by atoms with Crippen LogP contribution in [-0.4, -0.2) is 61.4 Å². The molecule has 0 aromatic heterocycles. The third-order valence-corrected chi connectivity index (χ3v) is 6.80. The van der Waals surface area contributed by atoms with Gasteiger partial charge in [0.05, 0.1) is 6.54 Å². The molecule has 2 amide bonds. The van der Waals surface area contributed by atoms with E-state index in [9.17, 15) is 9.59 Å². The van der Waals surface area contributed by atoms with Crippen molar-refractivity contribution < 1.29 is 9.59 Å². The molecule has 1 atom stereocenters. The Morgan fingerprint density at radius 1 is 0.900 bits per heavy atom. The molecule has 170 valence electrons. The van der Waals surface area contributed by atoms with E-state index < -0.39 is 0 Å². The molecule has 0 aromatic carbocycles. The fourth-order valence-corrected chi connectivity index (χ4v) is 5.06. The minimum Gasteiger partial charge on any atom is -0.357 e. The molecule has 0 spiro atoms. The second-order valence-corrected chi connectivity index (χ2v) is 9.14. The van der Waals surface area contributed by atoms with Gasteiger partial charge in [0, 0.05) is 44.1 Å². The quantitative estimate of drug-likeness (QED) is 0.336. The highest BCUT2D eigenvalue weighted by atomic mass is 16.2. The number of guanidine groups is 1. The lowest BCUT2D eigenvalue weighted by Gasteiger charge is -2.26. The van der Waals surface area contributed by atoms with Crippen LogP contribution in [0.4, 0.5) is 0 Å². The highest BCUT2D eigenvalue weighted by Crippen LogP contribution is 2.27. The molecule has 2 aliphatic carbocycles. The Morgan fingerprint density at radius 2 is 1.57 bits per heavy atom. The predicted molar refractivity (Wildman–Crippen MR) is 120 cm³/mol. The number of hydrogen-bond acceptors (Lipinski definition) is 3. The summed E-state index contributed by atoms with van der Waals surface area (Å²) in [6.07, 6.45) is 12.4. The zero-order chi connectivity index (χ0) is 21.2. The maximum Gasteiger partial charge on any atom is 0.225 e. The molecule has 0 radical (unpaired) electrons. The van der Waals surface area contributed by atoms with Crippen LogP contribution in [0.15, 0.2) is 4.99 Å². The molecule has 1 saturated heterocycles. The number of nitrogens with one attached hydrogen (secondary N) is 3. The zero-order valence-corrected chi connectivity index (χ0v) is 18.8. The van der Waals surface area contributed by atoms with Gasteiger partial charge in [-0.25, -0.2) is 0 Å². The van der Waals surface area contributed by atoms with Gasteiger partial charge in [-0.3, -0.25) is 14.6 Å². The molecule has 3 aliphatic rings. The number of nitrogens with zero attached hydrogens (tertiary/aromatic N) is 2. The summed E-state index contributed by atoms with van der Waals surface area (Å²) in [7, 11) is 0. The maximum atomic E-state index is 12.8. The van der Waals surface area contributed by atoms with Crippen molar-refractivity contribution in [3.05, 3.63) is 0 Å². The normalized spacial score (nSPS) is 24.0. The first-order valence-corrected chi connectivity index (χ1v) is 12.3. The van der Waals surface area contributed by atoms with Gasteiger partial charge < -0.3 is 20.9 Å². The number of hydrogen-bond donors (Lipinski definition) is 3. The molecule has 30 heavy (non-hydrogen) atoms. The molecule has 1 heterocycles. The summed E-state index contributed by atoms with van der Waals surface area (Å²) in [4.78, 5) is 31.7. The molecule has 1 unspecified atom stereocenters. The lowest BCUT2D eigenvalue weighted by atomic mass is 9.88. The molecule has 0 bridgehead atoms. The van der Waals surface area contributed by atoms with Gasteiger partial charge in [-0.05, 0) is 39.0 Å². The third kappa shape index (κ3) is 6.88. The van der Waals surface area contributed by atoms with Crippen LogP contribution in [0.25, 0.3) is 0 Å². The molecule has 1 aliphatic heterocycles. The van der Waals surface area contributed by atoms with E-state index in [0.29, 0.717) is 19.0 Å². The van der Waals surface area contributed by atoms with Gasteiger partial charge in [-0.15, -0.1) is 0 Å². The highest BCUT2D eigenvalue weighted by Gasteiger charge is 2.31. The largest absolute Gasteiger partial charge is 0.357 e. The van der Waals surface area contributed by atoms with Crippen molar-refractivity contribution in [2.75, 3.05) is 32.7 Å². The summed E-state index contributed by atoms with van der Waals surface area (Å²) in [5.74, 6) is 1.76. The van der Waals surface area contributed by atoms with Crippen LogP contribution in [0, 0.1) is 11.8 Å². The van der Waals surface area contributed by atoms with Crippen LogP contribution in [0.3, 0.4) is 0 Å². The Kier molecular flexibility index (Phi) is 9.27. The molecule has 3 N–H and O–H groups in total. The van der Waals surface area contributed by atoms with E-state index in [1.54, 1.807) is 0 Å². The van der Waals surface area contributed by atoms with Gasteiger partial charge in [-0.2, -0.15) is 0 Å². The SMILES string of the molecule is CCNC(=NCCNC(=O)C1CCCCC1)NC1CCN(C(=O)C2CCCCC2)C1. The fraction of sp³-hybridized carbons (Fsp3) is 0.870. The Labute approximate surface area is 181 Å². The van der Waals surface area contributed by atoms with Crippen molar-refractivity contribution in [1.82, 2.24) is 20.9 Å². The summed E-state index contributed by atoms with van der Waals surface area (Å²) in [5.41, 5.74) is 0. The number of carbonyl (C=O) groups is 2. The molecule has 2 saturated carbocycles. The maximum absolute atomic E-state index is 12.8. The van der Waals surface area contributed by atoms with Crippen LogP contribution in [0.5, 0.6) is 0 Å². The minimum absolute atomic E-state index is 0.190. The van der Waals surface area contributed by atoms with E-state index in [1.807, 2.05) is 4.90 Å². The van der Waals surface area contributed by atoms with Crippen LogP contribution >= 0.6 is 0 Å². The average Bonchev–Trinajstić information content (AvgIpc) is 3.25. The zero-order valence-electron chi connectivity index (χ0n) is 18.8. The molecule has 3 rings (SSSR count). The second kappa shape index (κ2) is 12.2. The molecule has 7 heteroatoms. The first kappa shape index (κ1) is 22.9. The van der Waals surface area contributed by atoms with Crippen LogP contribution in [0.2, 0.25) is 0 Å². The van der Waals surface area contributed by atoms with Crippen LogP contribution in [0.1, 0.15) is 77.6 Å². The Morgan fingerprint density at radius 3 is 2.23 bits per heavy atom. The van der Waals surface area contributed by atoms with Gasteiger partial charge in [0.1, 0.15) is 0 Å². The van der Waals surface area contributed by atoms with E-state index in [2.05, 4.69) is 27.9 Å². The smallest absolute Gasteiger partial charge is 0.225 e. The first-order chi connectivity index (χ1) is 14.7. The Bertz CT molecular complexity index is 582. The Balaban J connectivity index is 1.40. The summed E-state index contributed by atoms with van der Waals surface area (Å²) in [6, 6.07) is 0.243. The van der Waals surface area contributed by atoms with Crippen molar-refractivity contribution >= 4 is 17.8 Å². The van der Waals surface area contributed by atoms with Gasteiger partial charge in [0.15, 0.2) is 5.96 Å². The second-order valence-electron chi connectivity index (χ2n) is 9.14.